The van der Waals surface area contributed by atoms with Gasteiger partial charge in [-0.1, -0.05) is 0 Å². The Morgan fingerprint density at radius 1 is 1.25 bits per heavy atom. The number of aromatic nitrogens is 2. The second-order valence-corrected chi connectivity index (χ2v) is 9.36. The third-order valence-corrected chi connectivity index (χ3v) is 7.00. The largest absolute Gasteiger partial charge is 0.493 e. The van der Waals surface area contributed by atoms with E-state index in [2.05, 4.69) is 4.98 Å². The third kappa shape index (κ3) is 3.87. The van der Waals surface area contributed by atoms with Crippen molar-refractivity contribution in [3.63, 3.8) is 0 Å². The molecule has 0 N–H and O–H groups in total. The maximum absolute atomic E-state index is 12.4. The molecular weight excluding hydrogens is 382 g/mol. The molecule has 0 amide bonds. The van der Waals surface area contributed by atoms with Crippen molar-refractivity contribution < 1.29 is 22.6 Å². The van der Waals surface area contributed by atoms with Gasteiger partial charge in [0.2, 0.25) is 10.0 Å². The second kappa shape index (κ2) is 8.10. The Hall–Kier alpha value is -2.10. The fraction of sp³-hybridized carbons (Fsp3) is 0.526. The number of aryl methyl sites for hydroxylation is 1. The minimum atomic E-state index is -3.34. The molecule has 9 heteroatoms. The number of sulfonamides is 1. The first-order valence-corrected chi connectivity index (χ1v) is 10.6. The van der Waals surface area contributed by atoms with E-state index >= 15 is 0 Å². The predicted octanol–water partition coefficient (Wildman–Crippen LogP) is 1.95. The van der Waals surface area contributed by atoms with Gasteiger partial charge in [-0.15, -0.1) is 0 Å². The molecule has 2 aromatic rings. The number of nitrogens with zero attached hydrogens (tertiary/aromatic N) is 3. The van der Waals surface area contributed by atoms with Crippen molar-refractivity contribution in [3.8, 4) is 22.9 Å². The number of benzene rings is 1. The van der Waals surface area contributed by atoms with E-state index in [4.69, 9.17) is 14.2 Å². The Kier molecular flexibility index (Phi) is 5.97. The van der Waals surface area contributed by atoms with Crippen molar-refractivity contribution in [1.82, 2.24) is 13.9 Å². The smallest absolute Gasteiger partial charge is 0.214 e. The molecule has 3 rings (SSSR count). The zero-order chi connectivity index (χ0) is 20.5. The number of rotatable bonds is 7. The van der Waals surface area contributed by atoms with Crippen LogP contribution in [0.3, 0.4) is 0 Å². The van der Waals surface area contributed by atoms with Gasteiger partial charge in [0.05, 0.1) is 44.8 Å². The summed E-state index contributed by atoms with van der Waals surface area (Å²) in [5.41, 5.74) is 1.81. The Balaban J connectivity index is 2.02. The highest BCUT2D eigenvalue weighted by Gasteiger charge is 2.35. The van der Waals surface area contributed by atoms with Crippen molar-refractivity contribution in [2.24, 2.45) is 5.92 Å². The standard InChI is InChI=1S/C19H27N3O5S/c1-13-8-15(18(26-5)17(9-13)25-4)19-20-6-7-22(19)16-11-27-10-14(16)12-28(23,24)21(2)3/h6-9,14,16H,10-12H2,1-5H3/t14-,16+/m0/s1. The molecule has 0 saturated carbocycles. The van der Waals surface area contributed by atoms with Crippen LogP contribution in [0.2, 0.25) is 0 Å². The Morgan fingerprint density at radius 3 is 2.64 bits per heavy atom. The molecule has 1 fully saturated rings. The number of hydrogen-bond donors (Lipinski definition) is 0. The lowest BCUT2D eigenvalue weighted by Crippen LogP contribution is -2.32. The van der Waals surface area contributed by atoms with Crippen molar-refractivity contribution in [2.75, 3.05) is 47.3 Å². The molecule has 1 aromatic carbocycles. The highest BCUT2D eigenvalue weighted by molar-refractivity contribution is 7.89. The second-order valence-electron chi connectivity index (χ2n) is 7.13. The van der Waals surface area contributed by atoms with Gasteiger partial charge in [-0.05, 0) is 24.6 Å². The maximum atomic E-state index is 12.4. The molecule has 0 spiro atoms. The summed E-state index contributed by atoms with van der Waals surface area (Å²) < 4.78 is 44.7. The molecule has 8 nitrogen and oxygen atoms in total. The SMILES string of the molecule is COc1cc(C)cc(-c2nccn2[C@@H]2COC[C@H]2CS(=O)(=O)N(C)C)c1OC. The summed E-state index contributed by atoms with van der Waals surface area (Å²) >= 11 is 0. The summed E-state index contributed by atoms with van der Waals surface area (Å²) in [6.07, 6.45) is 3.57. The molecule has 2 heterocycles. The first-order valence-electron chi connectivity index (χ1n) is 9.02. The minimum absolute atomic E-state index is 0.0244. The van der Waals surface area contributed by atoms with Gasteiger partial charge in [0.15, 0.2) is 11.5 Å². The summed E-state index contributed by atoms with van der Waals surface area (Å²) in [5, 5.41) is 0. The topological polar surface area (TPSA) is 82.9 Å². The van der Waals surface area contributed by atoms with Gasteiger partial charge < -0.3 is 18.8 Å². The van der Waals surface area contributed by atoms with Gasteiger partial charge in [0.1, 0.15) is 5.82 Å². The lowest BCUT2D eigenvalue weighted by molar-refractivity contribution is 0.182. The highest BCUT2D eigenvalue weighted by atomic mass is 32.2. The monoisotopic (exact) mass is 409 g/mol. The van der Waals surface area contributed by atoms with Crippen LogP contribution in [0, 0.1) is 12.8 Å². The summed E-state index contributed by atoms with van der Waals surface area (Å²) in [4.78, 5) is 4.53. The molecular formula is C19H27N3O5S. The summed E-state index contributed by atoms with van der Waals surface area (Å²) in [6.45, 7) is 2.80. The van der Waals surface area contributed by atoms with Crippen molar-refractivity contribution >= 4 is 10.0 Å². The van der Waals surface area contributed by atoms with E-state index in [1.807, 2.05) is 29.8 Å². The molecule has 0 bridgehead atoms. The van der Waals surface area contributed by atoms with Gasteiger partial charge in [-0.25, -0.2) is 17.7 Å². The maximum Gasteiger partial charge on any atom is 0.214 e. The fourth-order valence-electron chi connectivity index (χ4n) is 3.53. The van der Waals surface area contributed by atoms with Crippen LogP contribution < -0.4 is 9.47 Å². The van der Waals surface area contributed by atoms with E-state index in [1.54, 1.807) is 34.5 Å². The fourth-order valence-corrected chi connectivity index (χ4v) is 4.69. The summed E-state index contributed by atoms with van der Waals surface area (Å²) in [5.74, 6) is 1.77. The molecule has 0 radical (unpaired) electrons. The Bertz CT molecular complexity index is 939. The van der Waals surface area contributed by atoms with Crippen LogP contribution >= 0.6 is 0 Å². The van der Waals surface area contributed by atoms with Gasteiger partial charge in [-0.3, -0.25) is 0 Å². The van der Waals surface area contributed by atoms with Gasteiger partial charge in [0, 0.05) is 32.4 Å². The third-order valence-electron chi connectivity index (χ3n) is 5.04. The molecule has 0 unspecified atom stereocenters. The van der Waals surface area contributed by atoms with Crippen molar-refractivity contribution in [2.45, 2.75) is 13.0 Å². The van der Waals surface area contributed by atoms with Crippen molar-refractivity contribution in [3.05, 3.63) is 30.1 Å². The molecule has 1 saturated heterocycles. The highest BCUT2D eigenvalue weighted by Crippen LogP contribution is 2.40. The van der Waals surface area contributed by atoms with Crippen LogP contribution in [0.25, 0.3) is 11.4 Å². The van der Waals surface area contributed by atoms with Gasteiger partial charge in [-0.2, -0.15) is 0 Å². The quantitative estimate of drug-likeness (QED) is 0.695. The van der Waals surface area contributed by atoms with Crippen LogP contribution in [0.1, 0.15) is 11.6 Å². The van der Waals surface area contributed by atoms with Crippen LogP contribution in [-0.2, 0) is 14.8 Å². The first-order chi connectivity index (χ1) is 13.3. The zero-order valence-corrected chi connectivity index (χ0v) is 17.7. The molecule has 154 valence electrons. The van der Waals surface area contributed by atoms with Crippen LogP contribution in [0.15, 0.2) is 24.5 Å². The van der Waals surface area contributed by atoms with E-state index < -0.39 is 10.0 Å². The van der Waals surface area contributed by atoms with E-state index in [1.165, 1.54) is 4.31 Å². The predicted molar refractivity (Wildman–Crippen MR) is 106 cm³/mol. The lowest BCUT2D eigenvalue weighted by atomic mass is 10.0. The summed E-state index contributed by atoms with van der Waals surface area (Å²) in [7, 11) is 2.95. The zero-order valence-electron chi connectivity index (χ0n) is 16.9. The van der Waals surface area contributed by atoms with Crippen LogP contribution in [-0.4, -0.2) is 69.6 Å². The molecule has 2 atom stereocenters. The lowest BCUT2D eigenvalue weighted by Gasteiger charge is -2.23. The number of ether oxygens (including phenoxy) is 3. The van der Waals surface area contributed by atoms with Gasteiger partial charge in [0.25, 0.3) is 0 Å². The number of methoxy groups -OCH3 is 2. The average Bonchev–Trinajstić information content (AvgIpc) is 3.29. The first kappa shape index (κ1) is 20.6. The Labute approximate surface area is 166 Å². The molecule has 1 aliphatic rings. The van der Waals surface area contributed by atoms with Crippen LogP contribution in [0.4, 0.5) is 0 Å². The van der Waals surface area contributed by atoms with Gasteiger partial charge >= 0.3 is 0 Å². The summed E-state index contributed by atoms with van der Waals surface area (Å²) in [6, 6.07) is 3.76. The Morgan fingerprint density at radius 2 is 2.00 bits per heavy atom. The van der Waals surface area contributed by atoms with Crippen molar-refractivity contribution in [1.29, 1.82) is 0 Å². The number of hydrogen-bond acceptors (Lipinski definition) is 6. The normalized spacial score (nSPS) is 19.9. The van der Waals surface area contributed by atoms with E-state index in [-0.39, 0.29) is 17.7 Å². The number of imidazole rings is 1. The van der Waals surface area contributed by atoms with Crippen LogP contribution in [0.5, 0.6) is 11.5 Å². The molecule has 0 aliphatic carbocycles. The van der Waals surface area contributed by atoms with E-state index in [0.29, 0.717) is 30.5 Å². The van der Waals surface area contributed by atoms with E-state index in [9.17, 15) is 8.42 Å². The molecule has 28 heavy (non-hydrogen) atoms. The molecule has 1 aliphatic heterocycles. The van der Waals surface area contributed by atoms with E-state index in [0.717, 1.165) is 11.1 Å². The average molecular weight is 410 g/mol. The minimum Gasteiger partial charge on any atom is -0.493 e. The molecule has 1 aromatic heterocycles.